The van der Waals surface area contributed by atoms with Crippen molar-refractivity contribution in [1.82, 2.24) is 14.8 Å². The predicted octanol–water partition coefficient (Wildman–Crippen LogP) is 0.627. The smallest absolute Gasteiger partial charge is 0.443 e. The molecular weight excluding hydrogens is 311 g/mol. The lowest BCUT2D eigenvalue weighted by molar-refractivity contribution is 0.0588. The van der Waals surface area contributed by atoms with E-state index in [4.69, 9.17) is 4.74 Å². The molecule has 2 N–H and O–H groups in total. The van der Waals surface area contributed by atoms with E-state index in [9.17, 15) is 14.8 Å². The molecule has 0 aliphatic carbocycles. The maximum Gasteiger partial charge on any atom is 0.508 e. The molecule has 0 unspecified atom stereocenters. The second-order valence-electron chi connectivity index (χ2n) is 6.39. The summed E-state index contributed by atoms with van der Waals surface area (Å²) in [5.74, 6) is 0.637. The highest BCUT2D eigenvalue weighted by molar-refractivity contribution is 6.58. The van der Waals surface area contributed by atoms with Crippen LogP contribution >= 0.6 is 0 Å². The van der Waals surface area contributed by atoms with Crippen LogP contribution in [0.3, 0.4) is 0 Å². The summed E-state index contributed by atoms with van der Waals surface area (Å²) in [5, 5.41) is 23.4. The standard InChI is InChI=1S/C15H21BN4O4/c1-10-7-6-8-12(17-10)20-11(16(22)23)9-13(18-20)19(5)14(21)24-15(2,3)4/h6-9,22-23H,1-5H3. The van der Waals surface area contributed by atoms with Gasteiger partial charge in [0.1, 0.15) is 5.60 Å². The molecule has 1 amide bonds. The van der Waals surface area contributed by atoms with Crippen LogP contribution in [0.2, 0.25) is 0 Å². The lowest BCUT2D eigenvalue weighted by atomic mass is 9.86. The third-order valence-corrected chi connectivity index (χ3v) is 3.09. The van der Waals surface area contributed by atoms with Gasteiger partial charge in [-0.3, -0.25) is 4.90 Å². The highest BCUT2D eigenvalue weighted by Crippen LogP contribution is 2.15. The van der Waals surface area contributed by atoms with E-state index >= 15 is 0 Å². The fraction of sp³-hybridized carbons (Fsp3) is 0.400. The zero-order chi connectivity index (χ0) is 18.1. The summed E-state index contributed by atoms with van der Waals surface area (Å²) in [7, 11) is -0.265. The Balaban J connectivity index is 2.40. The summed E-state index contributed by atoms with van der Waals surface area (Å²) in [5.41, 5.74) is 0.202. The summed E-state index contributed by atoms with van der Waals surface area (Å²) in [4.78, 5) is 17.7. The number of ether oxygens (including phenoxy) is 1. The van der Waals surface area contributed by atoms with Gasteiger partial charge in [-0.25, -0.2) is 14.5 Å². The number of amides is 1. The van der Waals surface area contributed by atoms with Crippen molar-refractivity contribution in [1.29, 1.82) is 0 Å². The Morgan fingerprint density at radius 3 is 2.54 bits per heavy atom. The number of rotatable bonds is 3. The molecule has 2 rings (SSSR count). The lowest BCUT2D eigenvalue weighted by Gasteiger charge is -2.23. The number of anilines is 1. The number of carbonyl (C=O) groups is 1. The summed E-state index contributed by atoms with van der Waals surface area (Å²) >= 11 is 0. The van der Waals surface area contributed by atoms with Gasteiger partial charge < -0.3 is 14.8 Å². The van der Waals surface area contributed by atoms with Gasteiger partial charge in [0.05, 0.1) is 5.59 Å². The molecule has 2 aromatic heterocycles. The van der Waals surface area contributed by atoms with Crippen LogP contribution in [0.1, 0.15) is 26.5 Å². The van der Waals surface area contributed by atoms with Crippen LogP contribution in [0.25, 0.3) is 5.82 Å². The van der Waals surface area contributed by atoms with Gasteiger partial charge in [0.2, 0.25) is 0 Å². The number of hydrogen-bond acceptors (Lipinski definition) is 6. The Morgan fingerprint density at radius 1 is 1.33 bits per heavy atom. The Morgan fingerprint density at radius 2 is 2.00 bits per heavy atom. The van der Waals surface area contributed by atoms with E-state index in [0.29, 0.717) is 5.82 Å². The Kier molecular flexibility index (Phi) is 4.95. The van der Waals surface area contributed by atoms with Crippen molar-refractivity contribution in [3.05, 3.63) is 30.0 Å². The zero-order valence-electron chi connectivity index (χ0n) is 14.4. The van der Waals surface area contributed by atoms with E-state index in [1.165, 1.54) is 22.7 Å². The van der Waals surface area contributed by atoms with Gasteiger partial charge in [0, 0.05) is 18.8 Å². The molecule has 9 heteroatoms. The maximum absolute atomic E-state index is 12.2. The minimum atomic E-state index is -1.76. The monoisotopic (exact) mass is 332 g/mol. The summed E-state index contributed by atoms with van der Waals surface area (Å²) < 4.78 is 6.57. The van der Waals surface area contributed by atoms with Gasteiger partial charge in [-0.1, -0.05) is 6.07 Å². The van der Waals surface area contributed by atoms with Crippen molar-refractivity contribution in [2.45, 2.75) is 33.3 Å². The molecule has 0 saturated carbocycles. The molecule has 0 aliphatic heterocycles. The van der Waals surface area contributed by atoms with E-state index in [1.807, 2.05) is 13.0 Å². The molecule has 0 radical (unpaired) electrons. The van der Waals surface area contributed by atoms with E-state index in [2.05, 4.69) is 10.1 Å². The quantitative estimate of drug-likeness (QED) is 0.800. The first-order chi connectivity index (χ1) is 11.1. The number of hydrogen-bond donors (Lipinski definition) is 2. The predicted molar refractivity (Wildman–Crippen MR) is 90.6 cm³/mol. The van der Waals surface area contributed by atoms with Crippen molar-refractivity contribution in [2.75, 3.05) is 11.9 Å². The fourth-order valence-electron chi connectivity index (χ4n) is 1.98. The topological polar surface area (TPSA) is 101 Å². The second kappa shape index (κ2) is 6.62. The van der Waals surface area contributed by atoms with Crippen molar-refractivity contribution in [3.8, 4) is 5.82 Å². The molecule has 0 aliphatic rings. The van der Waals surface area contributed by atoms with Gasteiger partial charge in [-0.05, 0) is 39.8 Å². The number of nitrogens with zero attached hydrogens (tertiary/aromatic N) is 4. The van der Waals surface area contributed by atoms with Gasteiger partial charge in [-0.15, -0.1) is 5.10 Å². The van der Waals surface area contributed by atoms with E-state index < -0.39 is 18.8 Å². The fourth-order valence-corrected chi connectivity index (χ4v) is 1.98. The van der Waals surface area contributed by atoms with Gasteiger partial charge in [0.25, 0.3) is 0 Å². The molecule has 24 heavy (non-hydrogen) atoms. The number of aromatic nitrogens is 3. The molecule has 2 heterocycles. The molecule has 0 atom stereocenters. The first kappa shape index (κ1) is 18.0. The van der Waals surface area contributed by atoms with Crippen LogP contribution in [0.5, 0.6) is 0 Å². The summed E-state index contributed by atoms with van der Waals surface area (Å²) in [6.07, 6.45) is -0.594. The van der Waals surface area contributed by atoms with Crippen molar-refractivity contribution in [3.63, 3.8) is 0 Å². The summed E-state index contributed by atoms with van der Waals surface area (Å²) in [6, 6.07) is 6.68. The van der Waals surface area contributed by atoms with Crippen molar-refractivity contribution in [2.24, 2.45) is 0 Å². The Bertz CT molecular complexity index is 739. The van der Waals surface area contributed by atoms with Crippen molar-refractivity contribution >= 4 is 24.6 Å². The highest BCUT2D eigenvalue weighted by atomic mass is 16.6. The normalized spacial score (nSPS) is 11.3. The molecule has 0 bridgehead atoms. The van der Waals surface area contributed by atoms with Crippen LogP contribution < -0.4 is 10.5 Å². The first-order valence-electron chi connectivity index (χ1n) is 7.45. The number of pyridine rings is 1. The van der Waals surface area contributed by atoms with E-state index in [-0.39, 0.29) is 11.4 Å². The average molecular weight is 332 g/mol. The van der Waals surface area contributed by atoms with E-state index in [1.54, 1.807) is 32.9 Å². The lowest BCUT2D eigenvalue weighted by Crippen LogP contribution is -2.36. The van der Waals surface area contributed by atoms with E-state index in [0.717, 1.165) is 5.69 Å². The third kappa shape index (κ3) is 4.12. The highest BCUT2D eigenvalue weighted by Gasteiger charge is 2.26. The van der Waals surface area contributed by atoms with Gasteiger partial charge >= 0.3 is 13.2 Å². The first-order valence-corrected chi connectivity index (χ1v) is 7.45. The molecule has 8 nitrogen and oxygen atoms in total. The third-order valence-electron chi connectivity index (χ3n) is 3.09. The Labute approximate surface area is 140 Å². The van der Waals surface area contributed by atoms with Crippen LogP contribution in [-0.4, -0.2) is 50.7 Å². The largest absolute Gasteiger partial charge is 0.508 e. The van der Waals surface area contributed by atoms with Crippen LogP contribution in [0.15, 0.2) is 24.3 Å². The number of carbonyl (C=O) groups excluding carboxylic acids is 1. The molecule has 0 saturated heterocycles. The van der Waals surface area contributed by atoms with Crippen LogP contribution in [-0.2, 0) is 4.74 Å². The second-order valence-corrected chi connectivity index (χ2v) is 6.39. The van der Waals surface area contributed by atoms with Crippen molar-refractivity contribution < 1.29 is 19.6 Å². The SMILES string of the molecule is Cc1cccc(-n2nc(N(C)C(=O)OC(C)(C)C)cc2B(O)O)n1. The number of aryl methyl sites for hydroxylation is 1. The zero-order valence-corrected chi connectivity index (χ0v) is 14.4. The van der Waals surface area contributed by atoms with Crippen LogP contribution in [0.4, 0.5) is 10.6 Å². The molecule has 0 fully saturated rings. The minimum Gasteiger partial charge on any atom is -0.443 e. The molecule has 0 aromatic carbocycles. The molecule has 128 valence electrons. The maximum atomic E-state index is 12.2. The summed E-state index contributed by atoms with van der Waals surface area (Å²) in [6.45, 7) is 7.10. The van der Waals surface area contributed by atoms with Gasteiger partial charge in [-0.2, -0.15) is 0 Å². The molecule has 2 aromatic rings. The Hall–Kier alpha value is -2.39. The van der Waals surface area contributed by atoms with Gasteiger partial charge in [0.15, 0.2) is 11.6 Å². The molecule has 0 spiro atoms. The minimum absolute atomic E-state index is 0.0958. The van der Waals surface area contributed by atoms with Crippen LogP contribution in [0, 0.1) is 6.92 Å². The molecular formula is C15H21BN4O4. The average Bonchev–Trinajstić information content (AvgIpc) is 2.90.